The van der Waals surface area contributed by atoms with Crippen LogP contribution in [0, 0.1) is 5.92 Å². The molecular formula is C10H17F3N2. The normalized spacial score (nSPS) is 26.8. The molecule has 2 atom stereocenters. The lowest BCUT2D eigenvalue weighted by Crippen LogP contribution is -2.30. The first-order valence-corrected chi connectivity index (χ1v) is 5.34. The maximum absolute atomic E-state index is 12.6. The Morgan fingerprint density at radius 1 is 1.40 bits per heavy atom. The zero-order valence-corrected chi connectivity index (χ0v) is 8.85. The molecule has 15 heavy (non-hydrogen) atoms. The lowest BCUT2D eigenvalue weighted by atomic mass is 9.94. The second-order valence-electron chi connectivity index (χ2n) is 4.04. The van der Waals surface area contributed by atoms with E-state index in [0.29, 0.717) is 6.42 Å². The van der Waals surface area contributed by atoms with Crippen molar-refractivity contribution >= 4 is 5.84 Å². The number of halogens is 3. The Hall–Kier alpha value is -0.740. The van der Waals surface area contributed by atoms with E-state index in [2.05, 4.69) is 4.99 Å². The number of alkyl halides is 3. The number of aliphatic imine (C=N–C) groups is 1. The minimum Gasteiger partial charge on any atom is -0.387 e. The van der Waals surface area contributed by atoms with Crippen molar-refractivity contribution in [3.05, 3.63) is 0 Å². The van der Waals surface area contributed by atoms with Crippen LogP contribution >= 0.6 is 0 Å². The van der Waals surface area contributed by atoms with Gasteiger partial charge in [-0.3, -0.25) is 4.99 Å². The second kappa shape index (κ2) is 4.86. The molecule has 0 radical (unpaired) electrons. The molecule has 1 aliphatic rings. The van der Waals surface area contributed by atoms with Crippen molar-refractivity contribution in [3.63, 3.8) is 0 Å². The highest BCUT2D eigenvalue weighted by atomic mass is 19.4. The first-order valence-electron chi connectivity index (χ1n) is 5.34. The smallest absolute Gasteiger partial charge is 0.387 e. The van der Waals surface area contributed by atoms with Crippen molar-refractivity contribution in [2.75, 3.05) is 0 Å². The zero-order valence-electron chi connectivity index (χ0n) is 8.85. The molecule has 0 saturated carbocycles. The van der Waals surface area contributed by atoms with Gasteiger partial charge in [-0.15, -0.1) is 0 Å². The third-order valence-corrected chi connectivity index (χ3v) is 2.75. The van der Waals surface area contributed by atoms with E-state index in [1.165, 1.54) is 0 Å². The largest absolute Gasteiger partial charge is 0.394 e. The van der Waals surface area contributed by atoms with E-state index in [9.17, 15) is 13.2 Å². The lowest BCUT2D eigenvalue weighted by molar-refractivity contribution is -0.176. The van der Waals surface area contributed by atoms with Crippen LogP contribution in [0.15, 0.2) is 4.99 Å². The monoisotopic (exact) mass is 222 g/mol. The lowest BCUT2D eigenvalue weighted by Gasteiger charge is -2.20. The molecule has 0 bridgehead atoms. The highest BCUT2D eigenvalue weighted by Crippen LogP contribution is 2.37. The fourth-order valence-corrected chi connectivity index (χ4v) is 1.92. The quantitative estimate of drug-likeness (QED) is 0.730. The summed E-state index contributed by atoms with van der Waals surface area (Å²) in [6.07, 6.45) is -1.04. The van der Waals surface area contributed by atoms with Gasteiger partial charge in [0.25, 0.3) is 0 Å². The Bertz CT molecular complexity index is 235. The van der Waals surface area contributed by atoms with E-state index in [0.717, 1.165) is 19.3 Å². The molecule has 0 saturated heterocycles. The fraction of sp³-hybridized carbons (Fsp3) is 0.900. The summed E-state index contributed by atoms with van der Waals surface area (Å²) in [5.74, 6) is -1.20. The number of nitrogens with zero attached hydrogens (tertiary/aromatic N) is 1. The van der Waals surface area contributed by atoms with E-state index < -0.39 is 18.1 Å². The molecule has 1 heterocycles. The highest BCUT2D eigenvalue weighted by molar-refractivity contribution is 5.82. The van der Waals surface area contributed by atoms with Crippen LogP contribution in [-0.4, -0.2) is 18.1 Å². The van der Waals surface area contributed by atoms with Gasteiger partial charge in [-0.25, -0.2) is 0 Å². The molecule has 0 aromatic heterocycles. The van der Waals surface area contributed by atoms with Gasteiger partial charge >= 0.3 is 6.18 Å². The van der Waals surface area contributed by atoms with Crippen molar-refractivity contribution in [2.45, 2.75) is 51.2 Å². The Kier molecular flexibility index (Phi) is 3.99. The van der Waals surface area contributed by atoms with Gasteiger partial charge in [0.05, 0.1) is 17.8 Å². The van der Waals surface area contributed by atoms with Crippen molar-refractivity contribution < 1.29 is 13.2 Å². The molecule has 88 valence electrons. The minimum atomic E-state index is -4.17. The van der Waals surface area contributed by atoms with Gasteiger partial charge in [-0.2, -0.15) is 13.2 Å². The number of hydrogen-bond acceptors (Lipinski definition) is 2. The predicted molar refractivity (Wildman–Crippen MR) is 53.7 cm³/mol. The topological polar surface area (TPSA) is 38.4 Å². The molecule has 0 fully saturated rings. The zero-order chi connectivity index (χ0) is 11.5. The summed E-state index contributed by atoms with van der Waals surface area (Å²) in [6.45, 7) is 2.02. The van der Waals surface area contributed by atoms with Gasteiger partial charge in [0.15, 0.2) is 0 Å². The third-order valence-electron chi connectivity index (χ3n) is 2.75. The molecule has 0 spiro atoms. The van der Waals surface area contributed by atoms with E-state index in [-0.39, 0.29) is 12.3 Å². The van der Waals surface area contributed by atoms with Crippen LogP contribution in [0.3, 0.4) is 0 Å². The third kappa shape index (κ3) is 3.39. The molecule has 2 nitrogen and oxygen atoms in total. The molecule has 1 rings (SSSR count). The summed E-state index contributed by atoms with van der Waals surface area (Å²) in [5, 5.41) is 0. The number of unbranched alkanes of at least 4 members (excludes halogenated alkanes) is 2. The standard InChI is InChI=1S/C10H17F3N2/c1-2-3-4-5-8-7(10(11,12)13)6-9(14)15-8/h7-8H,2-6H2,1H3,(H2,14,15)/t7-,8-/m1/s1. The summed E-state index contributed by atoms with van der Waals surface area (Å²) in [6, 6.07) is -0.642. The van der Waals surface area contributed by atoms with Crippen LogP contribution < -0.4 is 5.73 Å². The van der Waals surface area contributed by atoms with Gasteiger partial charge in [-0.1, -0.05) is 26.2 Å². The second-order valence-corrected chi connectivity index (χ2v) is 4.04. The molecule has 0 aromatic rings. The summed E-state index contributed by atoms with van der Waals surface area (Å²) in [7, 11) is 0. The van der Waals surface area contributed by atoms with Crippen LogP contribution in [0.25, 0.3) is 0 Å². The van der Waals surface area contributed by atoms with E-state index in [1.54, 1.807) is 0 Å². The van der Waals surface area contributed by atoms with Gasteiger partial charge in [0.1, 0.15) is 0 Å². The highest BCUT2D eigenvalue weighted by Gasteiger charge is 2.47. The van der Waals surface area contributed by atoms with Crippen LogP contribution in [0.1, 0.15) is 39.0 Å². The van der Waals surface area contributed by atoms with Crippen molar-refractivity contribution in [1.82, 2.24) is 0 Å². The van der Waals surface area contributed by atoms with Crippen molar-refractivity contribution in [2.24, 2.45) is 16.6 Å². The number of nitrogens with two attached hydrogens (primary N) is 1. The van der Waals surface area contributed by atoms with E-state index in [1.807, 2.05) is 6.92 Å². The maximum Gasteiger partial charge on any atom is 0.394 e. The minimum absolute atomic E-state index is 0.125. The average molecular weight is 222 g/mol. The van der Waals surface area contributed by atoms with Gasteiger partial charge in [0.2, 0.25) is 0 Å². The van der Waals surface area contributed by atoms with E-state index >= 15 is 0 Å². The fourth-order valence-electron chi connectivity index (χ4n) is 1.92. The Labute approximate surface area is 87.7 Å². The first kappa shape index (κ1) is 12.3. The molecule has 5 heteroatoms. The molecule has 0 unspecified atom stereocenters. The van der Waals surface area contributed by atoms with Crippen LogP contribution in [0.4, 0.5) is 13.2 Å². The maximum atomic E-state index is 12.6. The molecule has 2 N–H and O–H groups in total. The van der Waals surface area contributed by atoms with Gasteiger partial charge in [-0.05, 0) is 6.42 Å². The first-order chi connectivity index (χ1) is 6.95. The predicted octanol–water partition coefficient (Wildman–Crippen LogP) is 2.87. The Morgan fingerprint density at radius 2 is 2.07 bits per heavy atom. The number of hydrogen-bond donors (Lipinski definition) is 1. The molecule has 1 aliphatic heterocycles. The molecule has 0 aromatic carbocycles. The average Bonchev–Trinajstić information content (AvgIpc) is 2.47. The SMILES string of the molecule is CCCCC[C@H]1N=C(N)C[C@H]1C(F)(F)F. The Balaban J connectivity index is 2.51. The van der Waals surface area contributed by atoms with Crippen LogP contribution in [-0.2, 0) is 0 Å². The summed E-state index contributed by atoms with van der Waals surface area (Å²) in [4.78, 5) is 3.88. The van der Waals surface area contributed by atoms with Crippen LogP contribution in [0.2, 0.25) is 0 Å². The summed E-state index contributed by atoms with van der Waals surface area (Å²) in [5.41, 5.74) is 5.37. The van der Waals surface area contributed by atoms with Gasteiger partial charge < -0.3 is 5.73 Å². The summed E-state index contributed by atoms with van der Waals surface area (Å²) < 4.78 is 37.7. The number of amidine groups is 1. The van der Waals surface area contributed by atoms with Crippen molar-refractivity contribution in [3.8, 4) is 0 Å². The van der Waals surface area contributed by atoms with E-state index in [4.69, 9.17) is 5.73 Å². The molecule has 0 aliphatic carbocycles. The van der Waals surface area contributed by atoms with Crippen molar-refractivity contribution in [1.29, 1.82) is 0 Å². The molecule has 0 amide bonds. The number of rotatable bonds is 4. The van der Waals surface area contributed by atoms with Crippen LogP contribution in [0.5, 0.6) is 0 Å². The summed E-state index contributed by atoms with van der Waals surface area (Å²) >= 11 is 0. The van der Waals surface area contributed by atoms with Gasteiger partial charge in [0, 0.05) is 6.42 Å². The Morgan fingerprint density at radius 3 is 2.60 bits per heavy atom. The molecular weight excluding hydrogens is 205 g/mol.